The number of halogens is 1. The lowest BCUT2D eigenvalue weighted by atomic mass is 9.70. The molecule has 4 aromatic rings. The fourth-order valence-corrected chi connectivity index (χ4v) is 9.95. The van der Waals surface area contributed by atoms with Crippen molar-refractivity contribution in [3.63, 3.8) is 0 Å². The number of allylic oxidation sites excluding steroid dienone is 1. The summed E-state index contributed by atoms with van der Waals surface area (Å²) in [6.07, 6.45) is 7.95. The second-order valence-electron chi connectivity index (χ2n) is 14.7. The predicted octanol–water partition coefficient (Wildman–Crippen LogP) is 7.90. The Morgan fingerprint density at radius 1 is 1.10 bits per heavy atom. The molecule has 2 bridgehead atoms. The van der Waals surface area contributed by atoms with Gasteiger partial charge in [-0.15, -0.1) is 4.36 Å². The van der Waals surface area contributed by atoms with Crippen LogP contribution in [0.2, 0.25) is 5.02 Å². The second-order valence-corrected chi connectivity index (χ2v) is 17.2. The summed E-state index contributed by atoms with van der Waals surface area (Å²) in [7, 11) is 0.00875. The molecule has 3 aliphatic rings. The SMILES string of the molecule is CO[C@H]1/C=C\CCCS(=O)(NC(=O)c2cc3ccccc3n2C)=NC(=O)c2ccc3c(c2)N(C[C@H](C)[C@H]1C)C[C@@]1(CCCc2cc(Cl)ccc21)CO3. The van der Waals surface area contributed by atoms with Crippen LogP contribution in [0.1, 0.15) is 71.5 Å². The van der Waals surface area contributed by atoms with Gasteiger partial charge in [0.2, 0.25) is 0 Å². The molecule has 0 radical (unpaired) electrons. The Hall–Kier alpha value is -4.12. The number of aryl methyl sites for hydroxylation is 2. The molecule has 3 aromatic carbocycles. The summed E-state index contributed by atoms with van der Waals surface area (Å²) in [4.78, 5) is 30.0. The summed E-state index contributed by atoms with van der Waals surface area (Å²) in [6.45, 7) is 6.33. The number of anilines is 1. The summed E-state index contributed by atoms with van der Waals surface area (Å²) >= 11 is 6.46. The van der Waals surface area contributed by atoms with Crippen LogP contribution in [0, 0.1) is 11.8 Å². The number of rotatable bonds is 3. The zero-order valence-electron chi connectivity index (χ0n) is 30.3. The van der Waals surface area contributed by atoms with Crippen molar-refractivity contribution in [2.75, 3.05) is 37.5 Å². The average molecular weight is 743 g/mol. The lowest BCUT2D eigenvalue weighted by molar-refractivity contribution is 0.0744. The van der Waals surface area contributed by atoms with E-state index in [0.29, 0.717) is 44.0 Å². The van der Waals surface area contributed by atoms with E-state index in [1.165, 1.54) is 11.1 Å². The number of benzene rings is 3. The van der Waals surface area contributed by atoms with Crippen LogP contribution in [0.5, 0.6) is 5.75 Å². The largest absolute Gasteiger partial charge is 0.490 e. The Balaban J connectivity index is 1.29. The minimum absolute atomic E-state index is 0.00842. The van der Waals surface area contributed by atoms with E-state index in [0.717, 1.165) is 40.9 Å². The number of methoxy groups -OCH3 is 1. The average Bonchev–Trinajstić information content (AvgIpc) is 3.39. The van der Waals surface area contributed by atoms with Crippen molar-refractivity contribution in [1.29, 1.82) is 0 Å². The molecule has 1 N–H and O–H groups in total. The monoisotopic (exact) mass is 742 g/mol. The molecule has 52 heavy (non-hydrogen) atoms. The first kappa shape index (κ1) is 36.2. The number of ether oxygens (including phenoxy) is 2. The van der Waals surface area contributed by atoms with E-state index < -0.39 is 21.7 Å². The first-order valence-electron chi connectivity index (χ1n) is 18.1. The molecule has 0 saturated heterocycles. The molecule has 274 valence electrons. The van der Waals surface area contributed by atoms with Crippen molar-refractivity contribution in [2.24, 2.45) is 23.2 Å². The third-order valence-electron chi connectivity index (χ3n) is 11.3. The lowest BCUT2D eigenvalue weighted by Crippen LogP contribution is -2.47. The van der Waals surface area contributed by atoms with Crippen molar-refractivity contribution in [1.82, 2.24) is 9.29 Å². The number of nitrogens with zero attached hydrogens (tertiary/aromatic N) is 3. The summed E-state index contributed by atoms with van der Waals surface area (Å²) in [6, 6.07) is 20.9. The minimum Gasteiger partial charge on any atom is -0.490 e. The number of hydrogen-bond acceptors (Lipinski definition) is 6. The van der Waals surface area contributed by atoms with Crippen molar-refractivity contribution in [3.05, 3.63) is 106 Å². The number of amides is 2. The number of carbonyl (C=O) groups is 2. The summed E-state index contributed by atoms with van der Waals surface area (Å²) in [5.41, 5.74) is 4.51. The number of aromatic nitrogens is 1. The molecule has 2 aliphatic heterocycles. The van der Waals surface area contributed by atoms with Gasteiger partial charge in [-0.25, -0.2) is 4.21 Å². The van der Waals surface area contributed by atoms with Crippen LogP contribution in [0.25, 0.3) is 10.9 Å². The second kappa shape index (κ2) is 14.7. The molecule has 3 heterocycles. The fraction of sp³-hybridized carbons (Fsp3) is 0.415. The van der Waals surface area contributed by atoms with Crippen LogP contribution in [0.15, 0.2) is 83.2 Å². The topological polar surface area (TPSA) is 102 Å². The standard InChI is InChI=1S/C41H47ClN4O5S/c1-27-24-46-25-41(19-10-12-29-21-32(42)16-17-33(29)41)26-51-38-18-15-31(23-35(38)46)39(47)43-52(49,20-9-5-6-14-37(50-4)28(27)2)44-40(48)36-22-30-11-7-8-13-34(30)45(36)3/h6-8,11,13-18,21-23,27-28,37H,5,9-10,12,19-20,24-26H2,1-4H3,(H,43,44,47,48,49)/b14-6-/t27-,28+,37-,41-,52?/m0/s1. The Labute approximate surface area is 311 Å². The number of carbonyl (C=O) groups excluding carboxylic acids is 2. The van der Waals surface area contributed by atoms with Gasteiger partial charge in [-0.1, -0.05) is 61.9 Å². The molecule has 5 atom stereocenters. The van der Waals surface area contributed by atoms with E-state index in [9.17, 15) is 13.8 Å². The molecule has 9 nitrogen and oxygen atoms in total. The van der Waals surface area contributed by atoms with Crippen LogP contribution in [0.4, 0.5) is 5.69 Å². The molecule has 1 aromatic heterocycles. The van der Waals surface area contributed by atoms with Crippen LogP contribution < -0.4 is 14.4 Å². The van der Waals surface area contributed by atoms with Crippen molar-refractivity contribution < 1.29 is 23.3 Å². The van der Waals surface area contributed by atoms with Gasteiger partial charge < -0.3 is 18.9 Å². The molecule has 2 amide bonds. The Morgan fingerprint density at radius 2 is 1.92 bits per heavy atom. The third-order valence-corrected chi connectivity index (χ3v) is 13.3. The fourth-order valence-electron chi connectivity index (χ4n) is 8.19. The minimum atomic E-state index is -3.51. The Kier molecular flexibility index (Phi) is 10.3. The van der Waals surface area contributed by atoms with Gasteiger partial charge in [0, 0.05) is 54.2 Å². The highest BCUT2D eigenvalue weighted by atomic mass is 35.5. The summed E-state index contributed by atoms with van der Waals surface area (Å²) in [5.74, 6) is -0.124. The van der Waals surface area contributed by atoms with E-state index in [1.54, 1.807) is 30.9 Å². The highest BCUT2D eigenvalue weighted by Crippen LogP contribution is 2.45. The van der Waals surface area contributed by atoms with E-state index >= 15 is 0 Å². The maximum absolute atomic E-state index is 14.5. The van der Waals surface area contributed by atoms with Crippen LogP contribution in [-0.2, 0) is 33.5 Å². The van der Waals surface area contributed by atoms with Gasteiger partial charge in [-0.3, -0.25) is 14.3 Å². The number of nitrogens with one attached hydrogen (secondary N) is 1. The van der Waals surface area contributed by atoms with E-state index in [4.69, 9.17) is 21.1 Å². The molecule has 0 fully saturated rings. The maximum atomic E-state index is 14.5. The molecule has 1 aliphatic carbocycles. The van der Waals surface area contributed by atoms with Gasteiger partial charge in [0.1, 0.15) is 21.4 Å². The quantitative estimate of drug-likeness (QED) is 0.214. The van der Waals surface area contributed by atoms with Gasteiger partial charge in [-0.05, 0) is 97.5 Å². The number of fused-ring (bicyclic) bond motifs is 4. The van der Waals surface area contributed by atoms with Crippen LogP contribution >= 0.6 is 11.6 Å². The van der Waals surface area contributed by atoms with Crippen molar-refractivity contribution >= 4 is 49.9 Å². The van der Waals surface area contributed by atoms with E-state index in [-0.39, 0.29) is 34.7 Å². The van der Waals surface area contributed by atoms with Crippen LogP contribution in [-0.4, -0.2) is 59.3 Å². The zero-order chi connectivity index (χ0) is 36.6. The van der Waals surface area contributed by atoms with Crippen LogP contribution in [0.3, 0.4) is 0 Å². The normalized spacial score (nSPS) is 27.3. The highest BCUT2D eigenvalue weighted by molar-refractivity contribution is 7.92. The number of para-hydroxylation sites is 1. The lowest BCUT2D eigenvalue weighted by Gasteiger charge is -2.42. The summed E-state index contributed by atoms with van der Waals surface area (Å²) in [5, 5.41) is 1.62. The molecule has 1 spiro atoms. The maximum Gasteiger partial charge on any atom is 0.286 e. The smallest absolute Gasteiger partial charge is 0.286 e. The molecule has 11 heteroatoms. The molecule has 1 unspecified atom stereocenters. The first-order valence-corrected chi connectivity index (χ1v) is 20.2. The van der Waals surface area contributed by atoms with E-state index in [2.05, 4.69) is 46.0 Å². The van der Waals surface area contributed by atoms with Gasteiger partial charge in [0.15, 0.2) is 0 Å². The summed E-state index contributed by atoms with van der Waals surface area (Å²) < 4.78 is 35.9. The van der Waals surface area contributed by atoms with Gasteiger partial charge in [0.25, 0.3) is 11.8 Å². The van der Waals surface area contributed by atoms with Crippen molar-refractivity contribution in [2.45, 2.75) is 57.5 Å². The van der Waals surface area contributed by atoms with Crippen molar-refractivity contribution in [3.8, 4) is 5.75 Å². The molecular weight excluding hydrogens is 696 g/mol. The van der Waals surface area contributed by atoms with Gasteiger partial charge in [-0.2, -0.15) is 0 Å². The molecular formula is C41H47ClN4O5S. The Morgan fingerprint density at radius 3 is 2.73 bits per heavy atom. The predicted molar refractivity (Wildman–Crippen MR) is 208 cm³/mol. The number of hydrogen-bond donors (Lipinski definition) is 1. The molecule has 7 rings (SSSR count). The third kappa shape index (κ3) is 7.13. The van der Waals surface area contributed by atoms with Gasteiger partial charge in [0.05, 0.1) is 24.2 Å². The zero-order valence-corrected chi connectivity index (χ0v) is 31.8. The first-order chi connectivity index (χ1) is 25.0. The Bertz CT molecular complexity index is 2170. The highest BCUT2D eigenvalue weighted by Gasteiger charge is 2.42. The molecule has 0 saturated carbocycles. The van der Waals surface area contributed by atoms with Gasteiger partial charge >= 0.3 is 0 Å². The van der Waals surface area contributed by atoms with E-state index in [1.807, 2.05) is 48.5 Å².